The lowest BCUT2D eigenvalue weighted by Crippen LogP contribution is -2.28. The first kappa shape index (κ1) is 29.3. The van der Waals surface area contributed by atoms with Crippen LogP contribution in [0.4, 0.5) is 13.2 Å². The van der Waals surface area contributed by atoms with Gasteiger partial charge in [0.05, 0.1) is 17.7 Å². The van der Waals surface area contributed by atoms with E-state index in [2.05, 4.69) is 25.8 Å². The number of thioether (sulfide) groups is 1. The number of fused-ring (bicyclic) bond motifs is 1. The third-order valence-corrected chi connectivity index (χ3v) is 8.48. The number of unbranched alkanes of at least 4 members (excludes halogenated alkanes) is 2. The summed E-state index contributed by atoms with van der Waals surface area (Å²) < 4.78 is 56.3. The molecule has 0 bridgehead atoms. The van der Waals surface area contributed by atoms with Gasteiger partial charge in [-0.2, -0.15) is 13.2 Å². The summed E-state index contributed by atoms with van der Waals surface area (Å²) in [4.78, 5) is 17.5. The van der Waals surface area contributed by atoms with Crippen molar-refractivity contribution in [3.63, 3.8) is 0 Å². The molecule has 37 heavy (non-hydrogen) atoms. The molecule has 0 saturated carbocycles. The van der Waals surface area contributed by atoms with Gasteiger partial charge >= 0.3 is 6.18 Å². The highest BCUT2D eigenvalue weighted by molar-refractivity contribution is 7.99. The number of nitrogens with zero attached hydrogens (tertiary/aromatic N) is 1. The van der Waals surface area contributed by atoms with Gasteiger partial charge in [0.25, 0.3) is 0 Å². The van der Waals surface area contributed by atoms with Crippen molar-refractivity contribution >= 4 is 32.4 Å². The lowest BCUT2D eigenvalue weighted by Gasteiger charge is -2.28. The Morgan fingerprint density at radius 3 is 2.46 bits per heavy atom. The molecule has 0 aliphatic rings. The van der Waals surface area contributed by atoms with E-state index in [4.69, 9.17) is 13.6 Å². The number of pyridine rings is 1. The minimum Gasteiger partial charge on any atom is -0.487 e. The monoisotopic (exact) mass is 553 g/mol. The van der Waals surface area contributed by atoms with E-state index in [1.54, 1.807) is 11.8 Å². The first-order valence-corrected chi connectivity index (χ1v) is 14.5. The highest BCUT2D eigenvalue weighted by Crippen LogP contribution is 2.34. The van der Waals surface area contributed by atoms with Crippen molar-refractivity contribution in [2.45, 2.75) is 75.6 Å². The maximum absolute atomic E-state index is 13.0. The number of aromatic nitrogens is 1. The van der Waals surface area contributed by atoms with Gasteiger partial charge in [-0.25, -0.2) is 0 Å². The van der Waals surface area contributed by atoms with E-state index in [1.807, 2.05) is 19.9 Å². The summed E-state index contributed by atoms with van der Waals surface area (Å²) in [7, 11) is -0.818. The zero-order valence-corrected chi connectivity index (χ0v) is 24.1. The Morgan fingerprint density at radius 1 is 1.03 bits per heavy atom. The van der Waals surface area contributed by atoms with E-state index >= 15 is 0 Å². The number of hydrogen-bond donors (Lipinski definition) is 0. The van der Waals surface area contributed by atoms with Gasteiger partial charge in [0, 0.05) is 22.5 Å². The Bertz CT molecular complexity index is 1250. The standard InChI is InChI=1S/C27H34F3NO4SSi/c1-25(2,3)37-35-26(4,5)24-16-21(32)22(17-34-24)33-13-7-6-8-14-36-23-11-12-31-20-15-18(27(28,29)30)9-10-19(20)23/h9-12,15-17H,6-8,13-14,37H2,1-5H3. The third kappa shape index (κ3) is 8.61. The average Bonchev–Trinajstić information content (AvgIpc) is 2.81. The largest absolute Gasteiger partial charge is 0.487 e. The maximum Gasteiger partial charge on any atom is 0.416 e. The fourth-order valence-corrected chi connectivity index (χ4v) is 5.45. The van der Waals surface area contributed by atoms with Crippen LogP contribution in [0.1, 0.15) is 65.2 Å². The van der Waals surface area contributed by atoms with Crippen LogP contribution in [0.25, 0.3) is 10.9 Å². The van der Waals surface area contributed by atoms with Crippen molar-refractivity contribution in [2.24, 2.45) is 0 Å². The Kier molecular flexibility index (Phi) is 9.52. The molecule has 1 aromatic carbocycles. The van der Waals surface area contributed by atoms with Crippen molar-refractivity contribution in [2.75, 3.05) is 12.4 Å². The highest BCUT2D eigenvalue weighted by atomic mass is 32.2. The summed E-state index contributed by atoms with van der Waals surface area (Å²) in [6, 6.07) is 6.93. The van der Waals surface area contributed by atoms with Crippen LogP contribution in [0.2, 0.25) is 5.04 Å². The molecule has 0 unspecified atom stereocenters. The number of alkyl halides is 3. The van der Waals surface area contributed by atoms with E-state index in [0.29, 0.717) is 23.3 Å². The fourth-order valence-electron chi connectivity index (χ4n) is 3.46. The van der Waals surface area contributed by atoms with Crippen LogP contribution in [0.3, 0.4) is 0 Å². The first-order chi connectivity index (χ1) is 17.3. The van der Waals surface area contributed by atoms with Gasteiger partial charge in [0.15, 0.2) is 9.76 Å². The van der Waals surface area contributed by atoms with Crippen LogP contribution >= 0.6 is 11.8 Å². The van der Waals surface area contributed by atoms with Gasteiger partial charge < -0.3 is 13.6 Å². The predicted octanol–water partition coefficient (Wildman–Crippen LogP) is 7.10. The Hall–Kier alpha value is -2.30. The molecule has 0 spiro atoms. The molecule has 2 aromatic heterocycles. The summed E-state index contributed by atoms with van der Waals surface area (Å²) in [5.74, 6) is 1.48. The Balaban J connectivity index is 1.43. The molecule has 0 atom stereocenters. The van der Waals surface area contributed by atoms with Crippen molar-refractivity contribution in [1.29, 1.82) is 0 Å². The van der Waals surface area contributed by atoms with Crippen molar-refractivity contribution < 1.29 is 26.8 Å². The average molecular weight is 554 g/mol. The van der Waals surface area contributed by atoms with Crippen molar-refractivity contribution in [3.05, 3.63) is 64.3 Å². The molecule has 0 saturated heterocycles. The Labute approximate surface area is 222 Å². The SMILES string of the molecule is CC(C)(C)[SiH2]OC(C)(C)c1cc(=O)c(OCCCCCSc2ccnc3cc(C(F)(F)F)ccc23)co1. The molecule has 202 valence electrons. The molecule has 5 nitrogen and oxygen atoms in total. The predicted molar refractivity (Wildman–Crippen MR) is 144 cm³/mol. The number of rotatable bonds is 11. The number of halogens is 3. The normalized spacial score (nSPS) is 13.1. The first-order valence-electron chi connectivity index (χ1n) is 12.3. The van der Waals surface area contributed by atoms with Crippen LogP contribution in [-0.4, -0.2) is 27.1 Å². The molecule has 3 rings (SSSR count). The third-order valence-electron chi connectivity index (χ3n) is 5.59. The van der Waals surface area contributed by atoms with Crippen LogP contribution in [0.5, 0.6) is 5.75 Å². The van der Waals surface area contributed by atoms with E-state index in [-0.39, 0.29) is 16.2 Å². The number of ether oxygens (including phenoxy) is 1. The summed E-state index contributed by atoms with van der Waals surface area (Å²) in [5, 5.41) is 0.847. The van der Waals surface area contributed by atoms with Crippen LogP contribution < -0.4 is 10.2 Å². The maximum atomic E-state index is 13.0. The van der Waals surface area contributed by atoms with Crippen LogP contribution in [0, 0.1) is 0 Å². The van der Waals surface area contributed by atoms with E-state index in [9.17, 15) is 18.0 Å². The zero-order valence-electron chi connectivity index (χ0n) is 21.9. The summed E-state index contributed by atoms with van der Waals surface area (Å²) in [5.41, 5.74) is -1.26. The molecule has 3 aromatic rings. The van der Waals surface area contributed by atoms with Crippen molar-refractivity contribution in [3.8, 4) is 5.75 Å². The van der Waals surface area contributed by atoms with Crippen molar-refractivity contribution in [1.82, 2.24) is 4.98 Å². The summed E-state index contributed by atoms with van der Waals surface area (Å²) in [6.07, 6.45) is 1.05. The molecule has 2 heterocycles. The molecule has 0 N–H and O–H groups in total. The molecule has 0 aliphatic heterocycles. The molecular weight excluding hydrogens is 519 g/mol. The molecule has 0 fully saturated rings. The lowest BCUT2D eigenvalue weighted by molar-refractivity contribution is -0.137. The van der Waals surface area contributed by atoms with Gasteiger partial charge in [-0.3, -0.25) is 9.78 Å². The topological polar surface area (TPSA) is 61.6 Å². The Morgan fingerprint density at radius 2 is 1.78 bits per heavy atom. The highest BCUT2D eigenvalue weighted by Gasteiger charge is 2.31. The molecule has 0 radical (unpaired) electrons. The van der Waals surface area contributed by atoms with Gasteiger partial charge in [-0.05, 0) is 62.1 Å². The number of hydrogen-bond acceptors (Lipinski definition) is 6. The van der Waals surface area contributed by atoms with E-state index in [0.717, 1.165) is 42.0 Å². The van der Waals surface area contributed by atoms with Gasteiger partial charge in [0.2, 0.25) is 11.2 Å². The fraction of sp³-hybridized carbons (Fsp3) is 0.481. The second-order valence-electron chi connectivity index (χ2n) is 10.6. The second-order valence-corrected chi connectivity index (χ2v) is 14.5. The molecule has 0 amide bonds. The number of benzene rings is 1. The summed E-state index contributed by atoms with van der Waals surface area (Å²) >= 11 is 1.59. The molecule has 0 aliphatic carbocycles. The molecular formula is C27H34F3NO4SSi. The van der Waals surface area contributed by atoms with Crippen LogP contribution in [0.15, 0.2) is 56.9 Å². The second kappa shape index (κ2) is 12.0. The zero-order chi connectivity index (χ0) is 27.3. The van der Waals surface area contributed by atoms with Gasteiger partial charge in [-0.1, -0.05) is 26.8 Å². The van der Waals surface area contributed by atoms with Gasteiger partial charge in [-0.15, -0.1) is 11.8 Å². The minimum absolute atomic E-state index is 0.131. The van der Waals surface area contributed by atoms with E-state index in [1.165, 1.54) is 24.6 Å². The summed E-state index contributed by atoms with van der Waals surface area (Å²) in [6.45, 7) is 10.6. The van der Waals surface area contributed by atoms with E-state index < -0.39 is 27.1 Å². The van der Waals surface area contributed by atoms with Gasteiger partial charge in [0.1, 0.15) is 17.6 Å². The molecule has 10 heteroatoms. The smallest absolute Gasteiger partial charge is 0.416 e. The minimum atomic E-state index is -4.39. The van der Waals surface area contributed by atoms with Crippen LogP contribution in [-0.2, 0) is 16.2 Å². The quantitative estimate of drug-likeness (QED) is 0.143. The lowest BCUT2D eigenvalue weighted by atomic mass is 10.1.